The average Bonchev–Trinajstić information content (AvgIpc) is 2.97. The van der Waals surface area contributed by atoms with Crippen molar-refractivity contribution in [3.05, 3.63) is 22.4 Å². The second-order valence-corrected chi connectivity index (χ2v) is 5.59. The first-order chi connectivity index (χ1) is 7.40. The minimum Gasteiger partial charge on any atom is -0.295 e. The zero-order chi connectivity index (χ0) is 10.5. The van der Waals surface area contributed by atoms with Gasteiger partial charge in [-0.2, -0.15) is 0 Å². The van der Waals surface area contributed by atoms with E-state index in [1.807, 2.05) is 11.3 Å². The number of unbranched alkanes of at least 4 members (excludes halogenated alkanes) is 1. The standard InChI is InChI=1S/C12H18ClNS/c13-7-1-2-8-14(11-5-6-11)10-12-4-3-9-15-12/h3-4,9,11H,1-2,5-8,10H2. The molecule has 0 bridgehead atoms. The normalized spacial score (nSPS) is 16.1. The Kier molecular flexibility index (Phi) is 4.48. The molecule has 84 valence electrons. The Morgan fingerprint density at radius 2 is 2.27 bits per heavy atom. The summed E-state index contributed by atoms with van der Waals surface area (Å²) in [5, 5.41) is 2.17. The third-order valence-electron chi connectivity index (χ3n) is 2.83. The van der Waals surface area contributed by atoms with Crippen LogP contribution in [0.4, 0.5) is 0 Å². The maximum Gasteiger partial charge on any atom is 0.0330 e. The van der Waals surface area contributed by atoms with Crippen LogP contribution in [-0.2, 0) is 6.54 Å². The Hall–Kier alpha value is -0.0500. The van der Waals surface area contributed by atoms with Crippen molar-refractivity contribution in [2.24, 2.45) is 0 Å². The highest BCUT2D eigenvalue weighted by Gasteiger charge is 2.28. The van der Waals surface area contributed by atoms with Gasteiger partial charge in [0.05, 0.1) is 0 Å². The molecule has 3 heteroatoms. The van der Waals surface area contributed by atoms with Gasteiger partial charge in [0.25, 0.3) is 0 Å². The monoisotopic (exact) mass is 243 g/mol. The molecule has 0 saturated heterocycles. The van der Waals surface area contributed by atoms with Crippen LogP contribution in [0.1, 0.15) is 30.6 Å². The third kappa shape index (κ3) is 3.78. The van der Waals surface area contributed by atoms with Gasteiger partial charge in [-0.25, -0.2) is 0 Å². The van der Waals surface area contributed by atoms with E-state index in [4.69, 9.17) is 11.6 Å². The molecular formula is C12H18ClNS. The lowest BCUT2D eigenvalue weighted by Crippen LogP contribution is -2.26. The Balaban J connectivity index is 1.78. The quantitative estimate of drug-likeness (QED) is 0.521. The van der Waals surface area contributed by atoms with Crippen molar-refractivity contribution in [1.82, 2.24) is 4.90 Å². The van der Waals surface area contributed by atoms with E-state index in [9.17, 15) is 0 Å². The first-order valence-corrected chi connectivity index (χ1v) is 7.14. The first-order valence-electron chi connectivity index (χ1n) is 5.72. The Morgan fingerprint density at radius 1 is 1.40 bits per heavy atom. The summed E-state index contributed by atoms with van der Waals surface area (Å²) in [4.78, 5) is 4.12. The lowest BCUT2D eigenvalue weighted by Gasteiger charge is -2.20. The zero-order valence-electron chi connectivity index (χ0n) is 8.99. The van der Waals surface area contributed by atoms with Crippen LogP contribution in [0.5, 0.6) is 0 Å². The van der Waals surface area contributed by atoms with Crippen molar-refractivity contribution in [1.29, 1.82) is 0 Å². The Labute approximate surface area is 101 Å². The highest BCUT2D eigenvalue weighted by molar-refractivity contribution is 7.09. The van der Waals surface area contributed by atoms with Crippen molar-refractivity contribution < 1.29 is 0 Å². The van der Waals surface area contributed by atoms with Crippen molar-refractivity contribution in [2.45, 2.75) is 38.3 Å². The molecule has 2 rings (SSSR count). The van der Waals surface area contributed by atoms with Gasteiger partial charge in [0.2, 0.25) is 0 Å². The molecule has 15 heavy (non-hydrogen) atoms. The highest BCUT2D eigenvalue weighted by Crippen LogP contribution is 2.29. The molecule has 1 aromatic rings. The topological polar surface area (TPSA) is 3.24 Å². The van der Waals surface area contributed by atoms with Gasteiger partial charge in [-0.1, -0.05) is 6.07 Å². The fourth-order valence-corrected chi connectivity index (χ4v) is 2.76. The molecule has 1 aromatic heterocycles. The number of thiophene rings is 1. The van der Waals surface area contributed by atoms with Crippen LogP contribution in [0.25, 0.3) is 0 Å². The van der Waals surface area contributed by atoms with Gasteiger partial charge in [-0.3, -0.25) is 4.90 Å². The van der Waals surface area contributed by atoms with E-state index in [-0.39, 0.29) is 0 Å². The van der Waals surface area contributed by atoms with E-state index in [1.54, 1.807) is 0 Å². The summed E-state index contributed by atoms with van der Waals surface area (Å²) in [6, 6.07) is 5.24. The lowest BCUT2D eigenvalue weighted by atomic mass is 10.3. The van der Waals surface area contributed by atoms with Crippen molar-refractivity contribution in [3.8, 4) is 0 Å². The third-order valence-corrected chi connectivity index (χ3v) is 3.96. The Morgan fingerprint density at radius 3 is 2.87 bits per heavy atom. The molecule has 1 heterocycles. The largest absolute Gasteiger partial charge is 0.295 e. The van der Waals surface area contributed by atoms with Gasteiger partial charge in [0, 0.05) is 23.3 Å². The van der Waals surface area contributed by atoms with Gasteiger partial charge < -0.3 is 0 Å². The van der Waals surface area contributed by atoms with Gasteiger partial charge in [-0.15, -0.1) is 22.9 Å². The molecule has 1 aliphatic rings. The molecule has 1 aliphatic carbocycles. The number of rotatable bonds is 7. The molecule has 0 unspecified atom stereocenters. The molecule has 0 atom stereocenters. The highest BCUT2D eigenvalue weighted by atomic mass is 35.5. The maximum atomic E-state index is 5.71. The molecule has 1 fully saturated rings. The van der Waals surface area contributed by atoms with Crippen LogP contribution < -0.4 is 0 Å². The van der Waals surface area contributed by atoms with Crippen LogP contribution in [0.3, 0.4) is 0 Å². The summed E-state index contributed by atoms with van der Waals surface area (Å²) in [6.45, 7) is 2.36. The lowest BCUT2D eigenvalue weighted by molar-refractivity contribution is 0.253. The SMILES string of the molecule is ClCCCCN(Cc1cccs1)C1CC1. The molecule has 0 radical (unpaired) electrons. The van der Waals surface area contributed by atoms with Crippen LogP contribution in [0.2, 0.25) is 0 Å². The van der Waals surface area contributed by atoms with E-state index in [2.05, 4.69) is 22.4 Å². The van der Waals surface area contributed by atoms with Crippen LogP contribution in [0, 0.1) is 0 Å². The van der Waals surface area contributed by atoms with E-state index >= 15 is 0 Å². The van der Waals surface area contributed by atoms with E-state index in [0.29, 0.717) is 0 Å². The first kappa shape index (κ1) is 11.4. The number of hydrogen-bond acceptors (Lipinski definition) is 2. The zero-order valence-corrected chi connectivity index (χ0v) is 10.6. The summed E-state index contributed by atoms with van der Waals surface area (Å²) in [5.74, 6) is 0.803. The molecule has 0 aromatic carbocycles. The van der Waals surface area contributed by atoms with Crippen molar-refractivity contribution in [3.63, 3.8) is 0 Å². The molecular weight excluding hydrogens is 226 g/mol. The summed E-state index contributed by atoms with van der Waals surface area (Å²) in [7, 11) is 0. The summed E-state index contributed by atoms with van der Waals surface area (Å²) >= 11 is 7.57. The van der Waals surface area contributed by atoms with Crippen molar-refractivity contribution in [2.75, 3.05) is 12.4 Å². The van der Waals surface area contributed by atoms with Crippen LogP contribution in [-0.4, -0.2) is 23.4 Å². The van der Waals surface area contributed by atoms with E-state index in [1.165, 1.54) is 30.7 Å². The second kappa shape index (κ2) is 5.88. The minimum atomic E-state index is 0.803. The van der Waals surface area contributed by atoms with E-state index in [0.717, 1.165) is 24.9 Å². The fourth-order valence-electron chi connectivity index (χ4n) is 1.84. The summed E-state index contributed by atoms with van der Waals surface area (Å²) < 4.78 is 0. The average molecular weight is 244 g/mol. The molecule has 1 saturated carbocycles. The second-order valence-electron chi connectivity index (χ2n) is 4.18. The summed E-state index contributed by atoms with van der Waals surface area (Å²) in [5.41, 5.74) is 0. The Bertz CT molecular complexity index is 269. The molecule has 0 amide bonds. The number of nitrogens with zero attached hydrogens (tertiary/aromatic N) is 1. The molecule has 0 aliphatic heterocycles. The molecule has 0 spiro atoms. The van der Waals surface area contributed by atoms with Gasteiger partial charge >= 0.3 is 0 Å². The number of hydrogen-bond donors (Lipinski definition) is 0. The van der Waals surface area contributed by atoms with Crippen LogP contribution in [0.15, 0.2) is 17.5 Å². The van der Waals surface area contributed by atoms with Crippen LogP contribution >= 0.6 is 22.9 Å². The molecule has 0 N–H and O–H groups in total. The minimum absolute atomic E-state index is 0.803. The maximum absolute atomic E-state index is 5.71. The van der Waals surface area contributed by atoms with Gasteiger partial charge in [0.15, 0.2) is 0 Å². The van der Waals surface area contributed by atoms with Gasteiger partial charge in [-0.05, 0) is 43.7 Å². The predicted octanol–water partition coefficient (Wildman–Crippen LogP) is 3.73. The smallest absolute Gasteiger partial charge is 0.0330 e. The number of alkyl halides is 1. The predicted molar refractivity (Wildman–Crippen MR) is 67.7 cm³/mol. The molecule has 1 nitrogen and oxygen atoms in total. The summed E-state index contributed by atoms with van der Waals surface area (Å²) in [6.07, 6.45) is 5.18. The van der Waals surface area contributed by atoms with E-state index < -0.39 is 0 Å². The van der Waals surface area contributed by atoms with Gasteiger partial charge in [0.1, 0.15) is 0 Å². The fraction of sp³-hybridized carbons (Fsp3) is 0.667. The van der Waals surface area contributed by atoms with Crippen molar-refractivity contribution >= 4 is 22.9 Å². The number of halogens is 1.